The van der Waals surface area contributed by atoms with Crippen LogP contribution in [0.5, 0.6) is 16.7 Å². The molecule has 1 aliphatic heterocycles. The molecule has 1 aromatic carbocycles. The van der Waals surface area contributed by atoms with E-state index in [0.29, 0.717) is 23.4 Å². The second-order valence-corrected chi connectivity index (χ2v) is 8.62. The second-order valence-electron chi connectivity index (χ2n) is 7.62. The Bertz CT molecular complexity index is 1080. The van der Waals surface area contributed by atoms with Crippen molar-refractivity contribution in [3.8, 4) is 16.7 Å². The van der Waals surface area contributed by atoms with Gasteiger partial charge in [-0.2, -0.15) is 4.98 Å². The van der Waals surface area contributed by atoms with Crippen LogP contribution in [0.4, 0.5) is 0 Å². The molecule has 4 heterocycles. The summed E-state index contributed by atoms with van der Waals surface area (Å²) >= 11 is 1.49. The summed E-state index contributed by atoms with van der Waals surface area (Å²) in [6.45, 7) is 3.85. The molecular formula is C24H24N4O2S. The minimum absolute atomic E-state index is 0.595. The molecule has 1 aliphatic rings. The smallest absolute Gasteiger partial charge is 0.281 e. The quantitative estimate of drug-likeness (QED) is 0.403. The minimum Gasteiger partial charge on any atom is -0.492 e. The van der Waals surface area contributed by atoms with Crippen molar-refractivity contribution < 1.29 is 9.47 Å². The van der Waals surface area contributed by atoms with E-state index in [1.807, 2.05) is 48.8 Å². The third kappa shape index (κ3) is 5.00. The molecule has 0 unspecified atom stereocenters. The molecule has 0 amide bonds. The van der Waals surface area contributed by atoms with Crippen LogP contribution in [0.25, 0.3) is 10.3 Å². The van der Waals surface area contributed by atoms with Crippen molar-refractivity contribution in [2.75, 3.05) is 26.2 Å². The first-order valence-corrected chi connectivity index (χ1v) is 11.4. The van der Waals surface area contributed by atoms with E-state index in [0.717, 1.165) is 35.8 Å². The fourth-order valence-corrected chi connectivity index (χ4v) is 4.71. The molecule has 6 nitrogen and oxygen atoms in total. The third-order valence-electron chi connectivity index (χ3n) is 5.62. The van der Waals surface area contributed by atoms with Crippen molar-refractivity contribution in [2.24, 2.45) is 0 Å². The molecule has 0 radical (unpaired) electrons. The topological polar surface area (TPSA) is 60.4 Å². The summed E-state index contributed by atoms with van der Waals surface area (Å²) < 4.78 is 12.8. The highest BCUT2D eigenvalue weighted by Crippen LogP contribution is 2.31. The zero-order valence-corrected chi connectivity index (χ0v) is 18.0. The Hall–Kier alpha value is -3.03. The molecule has 4 aromatic rings. The maximum Gasteiger partial charge on any atom is 0.281 e. The van der Waals surface area contributed by atoms with Gasteiger partial charge in [0.15, 0.2) is 5.65 Å². The van der Waals surface area contributed by atoms with Crippen molar-refractivity contribution in [1.82, 2.24) is 19.9 Å². The molecule has 31 heavy (non-hydrogen) atoms. The number of fused-ring (bicyclic) bond motifs is 1. The predicted octanol–water partition coefficient (Wildman–Crippen LogP) is 5.14. The first kappa shape index (κ1) is 19.9. The Labute approximate surface area is 185 Å². The molecule has 0 saturated carbocycles. The molecule has 0 N–H and O–H groups in total. The number of aromatic nitrogens is 3. The number of piperidine rings is 1. The van der Waals surface area contributed by atoms with Crippen molar-refractivity contribution >= 4 is 21.7 Å². The number of ether oxygens (including phenoxy) is 2. The summed E-state index contributed by atoms with van der Waals surface area (Å²) in [4.78, 5) is 15.2. The van der Waals surface area contributed by atoms with Gasteiger partial charge in [0.05, 0.1) is 4.70 Å². The highest BCUT2D eigenvalue weighted by atomic mass is 32.1. The summed E-state index contributed by atoms with van der Waals surface area (Å²) in [6, 6.07) is 15.9. The lowest BCUT2D eigenvalue weighted by molar-refractivity contribution is 0.173. The van der Waals surface area contributed by atoms with Gasteiger partial charge in [0.1, 0.15) is 18.1 Å². The van der Waals surface area contributed by atoms with Gasteiger partial charge in [-0.05, 0) is 85.9 Å². The van der Waals surface area contributed by atoms with Gasteiger partial charge in [-0.25, -0.2) is 4.98 Å². The van der Waals surface area contributed by atoms with Gasteiger partial charge < -0.3 is 9.47 Å². The maximum absolute atomic E-state index is 5.94. The van der Waals surface area contributed by atoms with Crippen LogP contribution in [-0.2, 0) is 0 Å². The van der Waals surface area contributed by atoms with E-state index < -0.39 is 0 Å². The number of likely N-dealkylation sites (tertiary alicyclic amines) is 1. The van der Waals surface area contributed by atoms with Gasteiger partial charge in [-0.15, -0.1) is 0 Å². The lowest BCUT2D eigenvalue weighted by Gasteiger charge is -2.32. The second kappa shape index (κ2) is 9.41. The Morgan fingerprint density at radius 1 is 0.935 bits per heavy atom. The molecule has 0 spiro atoms. The van der Waals surface area contributed by atoms with Crippen LogP contribution >= 0.6 is 11.3 Å². The zero-order chi connectivity index (χ0) is 20.9. The van der Waals surface area contributed by atoms with E-state index in [-0.39, 0.29) is 0 Å². The number of pyridine rings is 2. The highest BCUT2D eigenvalue weighted by molar-refractivity contribution is 7.20. The molecule has 3 aromatic heterocycles. The summed E-state index contributed by atoms with van der Waals surface area (Å²) in [6.07, 6.45) is 7.90. The molecule has 158 valence electrons. The molecule has 1 saturated heterocycles. The Morgan fingerprint density at radius 2 is 1.71 bits per heavy atom. The normalized spacial score (nSPS) is 15.2. The fourth-order valence-electron chi connectivity index (χ4n) is 3.92. The number of nitrogens with zero attached hydrogens (tertiary/aromatic N) is 4. The molecule has 0 aliphatic carbocycles. The van der Waals surface area contributed by atoms with Gasteiger partial charge >= 0.3 is 0 Å². The van der Waals surface area contributed by atoms with E-state index in [4.69, 9.17) is 9.47 Å². The molecule has 0 bridgehead atoms. The zero-order valence-electron chi connectivity index (χ0n) is 17.2. The fraction of sp³-hybridized carbons (Fsp3) is 0.292. The minimum atomic E-state index is 0.595. The van der Waals surface area contributed by atoms with E-state index in [1.165, 1.54) is 29.7 Å². The van der Waals surface area contributed by atoms with Gasteiger partial charge in [-0.3, -0.25) is 9.88 Å². The van der Waals surface area contributed by atoms with Crippen LogP contribution in [0.3, 0.4) is 0 Å². The SMILES string of the molecule is c1cnc2nc(Oc3ccc(OCCN4CCC(c5ccncc5)CC4)cc3)sc2c1. The van der Waals surface area contributed by atoms with E-state index in [2.05, 4.69) is 32.0 Å². The first-order chi connectivity index (χ1) is 15.3. The van der Waals surface area contributed by atoms with Crippen molar-refractivity contribution in [3.63, 3.8) is 0 Å². The standard InChI is InChI=1S/C24H24N4O2S/c1-2-22-23(26-11-1)27-24(31-22)30-21-5-3-20(4-6-21)29-17-16-28-14-9-19(10-15-28)18-7-12-25-13-8-18/h1-8,11-13,19H,9-10,14-17H2. The largest absolute Gasteiger partial charge is 0.492 e. The lowest BCUT2D eigenvalue weighted by atomic mass is 9.90. The van der Waals surface area contributed by atoms with Crippen molar-refractivity contribution in [2.45, 2.75) is 18.8 Å². The van der Waals surface area contributed by atoms with Crippen molar-refractivity contribution in [3.05, 3.63) is 72.7 Å². The predicted molar refractivity (Wildman–Crippen MR) is 122 cm³/mol. The van der Waals surface area contributed by atoms with Crippen LogP contribution in [0.1, 0.15) is 24.3 Å². The Morgan fingerprint density at radius 3 is 2.48 bits per heavy atom. The Balaban J connectivity index is 1.07. The van der Waals surface area contributed by atoms with Gasteiger partial charge in [0, 0.05) is 25.1 Å². The molecule has 5 rings (SSSR count). The van der Waals surface area contributed by atoms with Gasteiger partial charge in [0.2, 0.25) is 0 Å². The monoisotopic (exact) mass is 432 g/mol. The first-order valence-electron chi connectivity index (χ1n) is 10.6. The van der Waals surface area contributed by atoms with Crippen LogP contribution < -0.4 is 9.47 Å². The van der Waals surface area contributed by atoms with Crippen molar-refractivity contribution in [1.29, 1.82) is 0 Å². The number of rotatable bonds is 7. The number of benzene rings is 1. The van der Waals surface area contributed by atoms with Crippen LogP contribution in [0.15, 0.2) is 67.1 Å². The van der Waals surface area contributed by atoms with Gasteiger partial charge in [0.25, 0.3) is 5.19 Å². The van der Waals surface area contributed by atoms with Crippen LogP contribution in [0.2, 0.25) is 0 Å². The van der Waals surface area contributed by atoms with Crippen LogP contribution in [0, 0.1) is 0 Å². The van der Waals surface area contributed by atoms with E-state index in [1.54, 1.807) is 6.20 Å². The van der Waals surface area contributed by atoms with E-state index in [9.17, 15) is 0 Å². The maximum atomic E-state index is 5.94. The number of thiazole rings is 1. The summed E-state index contributed by atoms with van der Waals surface area (Å²) in [5.41, 5.74) is 2.13. The molecule has 0 atom stereocenters. The average Bonchev–Trinajstić information content (AvgIpc) is 3.24. The number of hydrogen-bond donors (Lipinski definition) is 0. The number of hydrogen-bond acceptors (Lipinski definition) is 7. The molecule has 7 heteroatoms. The molecule has 1 fully saturated rings. The summed E-state index contributed by atoms with van der Waals surface area (Å²) in [5, 5.41) is 0.595. The average molecular weight is 433 g/mol. The highest BCUT2D eigenvalue weighted by Gasteiger charge is 2.20. The third-order valence-corrected chi connectivity index (χ3v) is 6.50. The lowest BCUT2D eigenvalue weighted by Crippen LogP contribution is -2.35. The van der Waals surface area contributed by atoms with Gasteiger partial charge in [-0.1, -0.05) is 11.3 Å². The van der Waals surface area contributed by atoms with E-state index >= 15 is 0 Å². The summed E-state index contributed by atoms with van der Waals surface area (Å²) in [7, 11) is 0. The summed E-state index contributed by atoms with van der Waals surface area (Å²) in [5.74, 6) is 2.24. The molecular weight excluding hydrogens is 408 g/mol. The Kier molecular flexibility index (Phi) is 6.04. The van der Waals surface area contributed by atoms with Crippen LogP contribution in [-0.4, -0.2) is 46.1 Å².